The van der Waals surface area contributed by atoms with Crippen LogP contribution in [0, 0.1) is 0 Å². The van der Waals surface area contributed by atoms with Gasteiger partial charge in [0.1, 0.15) is 0 Å². The zero-order valence-corrected chi connectivity index (χ0v) is 13.0. The molecule has 0 amide bonds. The molecular formula is C12H17BrN2O3S. The summed E-state index contributed by atoms with van der Waals surface area (Å²) >= 11 is 3.22. The predicted molar refractivity (Wildman–Crippen MR) is 77.2 cm³/mol. The van der Waals surface area contributed by atoms with E-state index in [9.17, 15) is 13.5 Å². The number of nitrogens with two attached hydrogens (primary N) is 1. The van der Waals surface area contributed by atoms with Gasteiger partial charge in [0, 0.05) is 23.2 Å². The molecule has 0 atom stereocenters. The maximum absolute atomic E-state index is 12.4. The average molecular weight is 349 g/mol. The van der Waals surface area contributed by atoms with Crippen LogP contribution in [0.15, 0.2) is 27.6 Å². The van der Waals surface area contributed by atoms with Crippen LogP contribution in [-0.4, -0.2) is 36.5 Å². The Kier molecular flexibility index (Phi) is 3.92. The number of β-amino-alcohol motifs (C(OH)–C–C–N with tert-alkyl or cyclic N) is 1. The van der Waals surface area contributed by atoms with Crippen molar-refractivity contribution in [3.8, 4) is 0 Å². The van der Waals surface area contributed by atoms with E-state index in [2.05, 4.69) is 15.9 Å². The Labute approximate surface area is 121 Å². The molecular weight excluding hydrogens is 332 g/mol. The van der Waals surface area contributed by atoms with E-state index in [1.807, 2.05) is 6.92 Å². The third kappa shape index (κ3) is 2.79. The lowest BCUT2D eigenvalue weighted by Crippen LogP contribution is -2.63. The molecule has 0 radical (unpaired) electrons. The fraction of sp³-hybridized carbons (Fsp3) is 0.500. The Hall–Kier alpha value is -0.630. The number of hydrogen-bond acceptors (Lipinski definition) is 4. The number of sulfonamides is 1. The van der Waals surface area contributed by atoms with E-state index in [4.69, 9.17) is 5.73 Å². The zero-order chi connectivity index (χ0) is 14.3. The topological polar surface area (TPSA) is 83.6 Å². The zero-order valence-electron chi connectivity index (χ0n) is 10.6. The van der Waals surface area contributed by atoms with Gasteiger partial charge in [-0.3, -0.25) is 0 Å². The lowest BCUT2D eigenvalue weighted by molar-refractivity contribution is -0.0653. The summed E-state index contributed by atoms with van der Waals surface area (Å²) in [5.74, 6) is 0. The number of benzene rings is 1. The van der Waals surface area contributed by atoms with Gasteiger partial charge in [-0.25, -0.2) is 8.42 Å². The highest BCUT2D eigenvalue weighted by Crippen LogP contribution is 2.34. The molecule has 19 heavy (non-hydrogen) atoms. The summed E-state index contributed by atoms with van der Waals surface area (Å²) in [5, 5.41) is 10.1. The molecule has 106 valence electrons. The van der Waals surface area contributed by atoms with E-state index >= 15 is 0 Å². The van der Waals surface area contributed by atoms with Gasteiger partial charge in [0.2, 0.25) is 10.0 Å². The summed E-state index contributed by atoms with van der Waals surface area (Å²) < 4.78 is 26.6. The highest BCUT2D eigenvalue weighted by atomic mass is 79.9. The minimum Gasteiger partial charge on any atom is -0.399 e. The number of aliphatic hydroxyl groups is 1. The second kappa shape index (κ2) is 5.05. The van der Waals surface area contributed by atoms with E-state index in [0.717, 1.165) is 6.42 Å². The van der Waals surface area contributed by atoms with Crippen LogP contribution in [0.3, 0.4) is 0 Å². The van der Waals surface area contributed by atoms with Crippen molar-refractivity contribution in [2.45, 2.75) is 30.3 Å². The maximum atomic E-state index is 12.4. The molecule has 1 heterocycles. The fourth-order valence-corrected chi connectivity index (χ4v) is 4.82. The number of rotatable bonds is 4. The summed E-state index contributed by atoms with van der Waals surface area (Å²) in [6.07, 6.45) is 1.43. The first-order valence-corrected chi connectivity index (χ1v) is 8.29. The molecule has 0 aromatic heterocycles. The largest absolute Gasteiger partial charge is 0.399 e. The van der Waals surface area contributed by atoms with Crippen LogP contribution < -0.4 is 5.73 Å². The molecule has 0 spiro atoms. The summed E-state index contributed by atoms with van der Waals surface area (Å²) in [4.78, 5) is 0.144. The van der Waals surface area contributed by atoms with Crippen LogP contribution in [-0.2, 0) is 10.0 Å². The number of halogens is 1. The van der Waals surface area contributed by atoms with Crippen LogP contribution in [0.2, 0.25) is 0 Å². The molecule has 2 rings (SSSR count). The molecule has 5 nitrogen and oxygen atoms in total. The predicted octanol–water partition coefficient (Wildman–Crippen LogP) is 1.57. The lowest BCUT2D eigenvalue weighted by Gasteiger charge is -2.45. The van der Waals surface area contributed by atoms with E-state index in [1.165, 1.54) is 10.4 Å². The lowest BCUT2D eigenvalue weighted by atomic mass is 9.92. The van der Waals surface area contributed by atoms with Crippen LogP contribution in [0.1, 0.15) is 19.8 Å². The van der Waals surface area contributed by atoms with Crippen molar-refractivity contribution in [2.24, 2.45) is 0 Å². The maximum Gasteiger partial charge on any atom is 0.244 e. The van der Waals surface area contributed by atoms with Crippen LogP contribution >= 0.6 is 15.9 Å². The van der Waals surface area contributed by atoms with Gasteiger partial charge in [-0.2, -0.15) is 4.31 Å². The summed E-state index contributed by atoms with van der Waals surface area (Å²) in [6, 6.07) is 4.67. The molecule has 0 bridgehead atoms. The molecule has 1 fully saturated rings. The van der Waals surface area contributed by atoms with E-state index in [-0.39, 0.29) is 18.0 Å². The highest BCUT2D eigenvalue weighted by molar-refractivity contribution is 9.10. The minimum absolute atomic E-state index is 0.143. The van der Waals surface area contributed by atoms with Gasteiger partial charge in [0.15, 0.2) is 0 Å². The van der Waals surface area contributed by atoms with Crippen molar-refractivity contribution in [1.29, 1.82) is 0 Å². The van der Waals surface area contributed by atoms with Crippen molar-refractivity contribution in [2.75, 3.05) is 18.8 Å². The van der Waals surface area contributed by atoms with Gasteiger partial charge >= 0.3 is 0 Å². The Bertz CT molecular complexity index is 583. The molecule has 0 unspecified atom stereocenters. The molecule has 1 aliphatic rings. The molecule has 1 saturated heterocycles. The van der Waals surface area contributed by atoms with Crippen molar-refractivity contribution in [3.05, 3.63) is 22.7 Å². The molecule has 7 heteroatoms. The Morgan fingerprint density at radius 3 is 2.68 bits per heavy atom. The third-order valence-corrected chi connectivity index (χ3v) is 6.02. The van der Waals surface area contributed by atoms with Gasteiger partial charge in [0.05, 0.1) is 10.5 Å². The monoisotopic (exact) mass is 348 g/mol. The molecule has 3 N–H and O–H groups in total. The normalized spacial score (nSPS) is 19.1. The molecule has 1 aromatic rings. The number of anilines is 1. The standard InChI is InChI=1S/C12H17BrN2O3S/c1-2-5-12(16)7-15(8-12)19(17,18)11-6-9(14)3-4-10(11)13/h3-4,6,16H,2,5,7-8,14H2,1H3. The highest BCUT2D eigenvalue weighted by Gasteiger charge is 2.46. The second-order valence-corrected chi connectivity index (χ2v) is 7.70. The second-order valence-electron chi connectivity index (χ2n) is 4.94. The SMILES string of the molecule is CCCC1(O)CN(S(=O)(=O)c2cc(N)ccc2Br)C1. The molecule has 1 aliphatic heterocycles. The van der Waals surface area contributed by atoms with Crippen LogP contribution in [0.4, 0.5) is 5.69 Å². The summed E-state index contributed by atoms with van der Waals surface area (Å²) in [7, 11) is -3.60. The van der Waals surface area contributed by atoms with Crippen molar-refractivity contribution in [3.63, 3.8) is 0 Å². The minimum atomic E-state index is -3.60. The fourth-order valence-electron chi connectivity index (χ4n) is 2.26. The Balaban J connectivity index is 2.24. The summed E-state index contributed by atoms with van der Waals surface area (Å²) in [6.45, 7) is 2.25. The van der Waals surface area contributed by atoms with Gasteiger partial charge in [-0.15, -0.1) is 0 Å². The van der Waals surface area contributed by atoms with Crippen LogP contribution in [0.5, 0.6) is 0 Å². The van der Waals surface area contributed by atoms with Gasteiger partial charge in [0.25, 0.3) is 0 Å². The number of nitrogens with zero attached hydrogens (tertiary/aromatic N) is 1. The van der Waals surface area contributed by atoms with E-state index < -0.39 is 15.6 Å². The van der Waals surface area contributed by atoms with Crippen molar-refractivity contribution in [1.82, 2.24) is 4.31 Å². The Morgan fingerprint density at radius 1 is 1.47 bits per heavy atom. The first-order chi connectivity index (χ1) is 8.78. The van der Waals surface area contributed by atoms with E-state index in [0.29, 0.717) is 16.6 Å². The first kappa shape index (κ1) is 14.8. The Morgan fingerprint density at radius 2 is 2.11 bits per heavy atom. The number of nitrogen functional groups attached to an aromatic ring is 1. The van der Waals surface area contributed by atoms with Crippen molar-refractivity contribution < 1.29 is 13.5 Å². The molecule has 0 saturated carbocycles. The van der Waals surface area contributed by atoms with Gasteiger partial charge < -0.3 is 10.8 Å². The smallest absolute Gasteiger partial charge is 0.244 e. The van der Waals surface area contributed by atoms with Gasteiger partial charge in [-0.1, -0.05) is 13.3 Å². The van der Waals surface area contributed by atoms with Gasteiger partial charge in [-0.05, 0) is 40.5 Å². The third-order valence-electron chi connectivity index (χ3n) is 3.23. The first-order valence-electron chi connectivity index (χ1n) is 6.06. The number of hydrogen-bond donors (Lipinski definition) is 2. The molecule has 1 aromatic carbocycles. The average Bonchev–Trinajstić information content (AvgIpc) is 2.29. The quantitative estimate of drug-likeness (QED) is 0.809. The van der Waals surface area contributed by atoms with Crippen molar-refractivity contribution >= 4 is 31.6 Å². The molecule has 0 aliphatic carbocycles. The summed E-state index contributed by atoms with van der Waals surface area (Å²) in [5.41, 5.74) is 5.15. The van der Waals surface area contributed by atoms with E-state index in [1.54, 1.807) is 12.1 Å². The van der Waals surface area contributed by atoms with Crippen LogP contribution in [0.25, 0.3) is 0 Å².